The molecule has 4 nitrogen and oxygen atoms in total. The van der Waals surface area contributed by atoms with Crippen LogP contribution in [0.5, 0.6) is 0 Å². The largest absolute Gasteiger partial charge is 0.365 e. The van der Waals surface area contributed by atoms with E-state index in [0.29, 0.717) is 16.0 Å². The van der Waals surface area contributed by atoms with Gasteiger partial charge < -0.3 is 16.0 Å². The van der Waals surface area contributed by atoms with Gasteiger partial charge >= 0.3 is 0 Å². The van der Waals surface area contributed by atoms with E-state index >= 15 is 0 Å². The Bertz CT molecular complexity index is 592. The monoisotopic (exact) mass is 245 g/mol. The molecular formula is C12H11N3OS. The molecule has 1 amide bonds. The first kappa shape index (κ1) is 11.3. The first-order chi connectivity index (χ1) is 8.16. The molecule has 0 aliphatic heterocycles. The summed E-state index contributed by atoms with van der Waals surface area (Å²) >= 11 is 5.01. The summed E-state index contributed by atoms with van der Waals surface area (Å²) in [5.74, 6) is 0.00545. The molecule has 0 aliphatic rings. The Balaban J connectivity index is 2.41. The molecule has 1 aromatic carbocycles. The molecule has 5 heteroatoms. The van der Waals surface area contributed by atoms with E-state index in [1.807, 2.05) is 30.3 Å². The Kier molecular flexibility index (Phi) is 3.20. The van der Waals surface area contributed by atoms with E-state index in [2.05, 4.69) is 10.3 Å². The number of benzene rings is 1. The molecule has 0 fully saturated rings. The maximum atomic E-state index is 11.3. The summed E-state index contributed by atoms with van der Waals surface area (Å²) in [5, 5.41) is 3.07. The summed E-state index contributed by atoms with van der Waals surface area (Å²) < 4.78 is 0.536. The van der Waals surface area contributed by atoms with E-state index in [1.54, 1.807) is 12.1 Å². The van der Waals surface area contributed by atoms with Gasteiger partial charge in [0, 0.05) is 5.69 Å². The van der Waals surface area contributed by atoms with E-state index in [0.717, 1.165) is 5.69 Å². The molecule has 0 radical (unpaired) electrons. The molecule has 0 spiro atoms. The van der Waals surface area contributed by atoms with Gasteiger partial charge in [-0.25, -0.2) is 0 Å². The molecule has 0 aliphatic carbocycles. The molecule has 0 unspecified atom stereocenters. The van der Waals surface area contributed by atoms with Gasteiger partial charge in [-0.2, -0.15) is 0 Å². The molecule has 17 heavy (non-hydrogen) atoms. The average molecular weight is 245 g/mol. The molecule has 4 N–H and O–H groups in total. The topological polar surface area (TPSA) is 70.9 Å². The minimum Gasteiger partial charge on any atom is -0.365 e. The molecule has 1 aromatic heterocycles. The molecule has 2 rings (SSSR count). The maximum Gasteiger partial charge on any atom is 0.252 e. The molecule has 0 saturated carbocycles. The highest BCUT2D eigenvalue weighted by atomic mass is 32.1. The van der Waals surface area contributed by atoms with Gasteiger partial charge in [0.25, 0.3) is 5.91 Å². The number of aromatic nitrogens is 1. The second kappa shape index (κ2) is 4.80. The van der Waals surface area contributed by atoms with Crippen molar-refractivity contribution in [2.75, 3.05) is 5.32 Å². The highest BCUT2D eigenvalue weighted by Gasteiger charge is 2.08. The summed E-state index contributed by atoms with van der Waals surface area (Å²) in [7, 11) is 0. The Hall–Kier alpha value is -2.14. The lowest BCUT2D eigenvalue weighted by Gasteiger charge is -2.09. The Morgan fingerprint density at radius 1 is 1.18 bits per heavy atom. The van der Waals surface area contributed by atoms with Crippen LogP contribution in [0.1, 0.15) is 10.4 Å². The number of nitrogens with one attached hydrogen (secondary N) is 2. The van der Waals surface area contributed by atoms with Gasteiger partial charge in [0.05, 0.1) is 5.56 Å². The van der Waals surface area contributed by atoms with Crippen LogP contribution in [0.2, 0.25) is 0 Å². The van der Waals surface area contributed by atoms with Crippen LogP contribution in [-0.2, 0) is 0 Å². The Labute approximate surface area is 103 Å². The lowest BCUT2D eigenvalue weighted by molar-refractivity contribution is 0.100. The van der Waals surface area contributed by atoms with Gasteiger partial charge in [-0.05, 0) is 24.3 Å². The van der Waals surface area contributed by atoms with Gasteiger partial charge in [0.1, 0.15) is 10.5 Å². The SMILES string of the molecule is NC(=O)c1ccc(=S)[nH]c1Nc1ccccc1. The third kappa shape index (κ3) is 2.70. The summed E-state index contributed by atoms with van der Waals surface area (Å²) in [4.78, 5) is 14.2. The number of carbonyl (C=O) groups excluding carboxylic acids is 1. The van der Waals surface area contributed by atoms with Crippen LogP contribution in [-0.4, -0.2) is 10.9 Å². The zero-order valence-corrected chi connectivity index (χ0v) is 9.75. The van der Waals surface area contributed by atoms with Crippen molar-refractivity contribution in [3.63, 3.8) is 0 Å². The Morgan fingerprint density at radius 3 is 2.53 bits per heavy atom. The highest BCUT2D eigenvalue weighted by molar-refractivity contribution is 7.71. The maximum absolute atomic E-state index is 11.3. The number of anilines is 2. The third-order valence-corrected chi connectivity index (χ3v) is 2.47. The van der Waals surface area contributed by atoms with Crippen molar-refractivity contribution in [3.05, 3.63) is 52.7 Å². The smallest absolute Gasteiger partial charge is 0.252 e. The molecule has 2 aromatic rings. The van der Waals surface area contributed by atoms with Crippen molar-refractivity contribution in [2.45, 2.75) is 0 Å². The lowest BCUT2D eigenvalue weighted by atomic mass is 10.2. The molecule has 0 saturated heterocycles. The van der Waals surface area contributed by atoms with Gasteiger partial charge in [0.15, 0.2) is 0 Å². The number of primary amides is 1. The number of pyridine rings is 1. The molecular weight excluding hydrogens is 234 g/mol. The van der Waals surface area contributed by atoms with Crippen molar-refractivity contribution in [1.29, 1.82) is 0 Å². The number of carbonyl (C=O) groups is 1. The minimum absolute atomic E-state index is 0.377. The molecule has 0 atom stereocenters. The second-order valence-electron chi connectivity index (χ2n) is 3.47. The van der Waals surface area contributed by atoms with E-state index in [4.69, 9.17) is 18.0 Å². The lowest BCUT2D eigenvalue weighted by Crippen LogP contribution is -2.14. The summed E-state index contributed by atoms with van der Waals surface area (Å²) in [6.07, 6.45) is 0. The number of rotatable bonds is 3. The van der Waals surface area contributed by atoms with E-state index in [1.165, 1.54) is 0 Å². The fourth-order valence-electron chi connectivity index (χ4n) is 1.44. The number of hydrogen-bond donors (Lipinski definition) is 3. The van der Waals surface area contributed by atoms with Crippen molar-refractivity contribution >= 4 is 29.6 Å². The quantitative estimate of drug-likeness (QED) is 0.728. The first-order valence-corrected chi connectivity index (χ1v) is 5.43. The summed E-state index contributed by atoms with van der Waals surface area (Å²) in [6, 6.07) is 12.7. The first-order valence-electron chi connectivity index (χ1n) is 5.02. The normalized spacial score (nSPS) is 9.88. The summed E-state index contributed by atoms with van der Waals surface area (Å²) in [5.41, 5.74) is 6.52. The van der Waals surface area contributed by atoms with Gasteiger partial charge in [0.2, 0.25) is 0 Å². The van der Waals surface area contributed by atoms with Crippen LogP contribution >= 0.6 is 12.2 Å². The van der Waals surface area contributed by atoms with Crippen LogP contribution in [0.4, 0.5) is 11.5 Å². The zero-order valence-electron chi connectivity index (χ0n) is 8.94. The van der Waals surface area contributed by atoms with Crippen LogP contribution in [0.25, 0.3) is 0 Å². The standard InChI is InChI=1S/C12H11N3OS/c13-11(16)9-6-7-10(17)15-12(9)14-8-4-2-1-3-5-8/h1-7H,(H2,13,16)(H2,14,15,17). The van der Waals surface area contributed by atoms with Crippen molar-refractivity contribution in [3.8, 4) is 0 Å². The predicted octanol–water partition coefficient (Wildman–Crippen LogP) is 2.59. The van der Waals surface area contributed by atoms with Gasteiger partial charge in [-0.15, -0.1) is 0 Å². The van der Waals surface area contributed by atoms with Crippen LogP contribution in [0.3, 0.4) is 0 Å². The van der Waals surface area contributed by atoms with Crippen molar-refractivity contribution in [1.82, 2.24) is 4.98 Å². The number of hydrogen-bond acceptors (Lipinski definition) is 3. The molecule has 0 bridgehead atoms. The van der Waals surface area contributed by atoms with Crippen LogP contribution in [0, 0.1) is 4.64 Å². The fraction of sp³-hybridized carbons (Fsp3) is 0. The highest BCUT2D eigenvalue weighted by Crippen LogP contribution is 2.17. The number of H-pyrrole nitrogens is 1. The Morgan fingerprint density at radius 2 is 1.88 bits per heavy atom. The van der Waals surface area contributed by atoms with E-state index < -0.39 is 5.91 Å². The third-order valence-electron chi connectivity index (χ3n) is 2.23. The second-order valence-corrected chi connectivity index (χ2v) is 3.91. The molecule has 1 heterocycles. The van der Waals surface area contributed by atoms with Crippen LogP contribution < -0.4 is 11.1 Å². The van der Waals surface area contributed by atoms with E-state index in [9.17, 15) is 4.79 Å². The fourth-order valence-corrected chi connectivity index (χ4v) is 1.61. The van der Waals surface area contributed by atoms with Crippen molar-refractivity contribution < 1.29 is 4.79 Å². The minimum atomic E-state index is -0.505. The predicted molar refractivity (Wildman–Crippen MR) is 69.9 cm³/mol. The number of nitrogens with two attached hydrogens (primary N) is 1. The van der Waals surface area contributed by atoms with Crippen molar-refractivity contribution in [2.24, 2.45) is 5.73 Å². The van der Waals surface area contributed by atoms with Gasteiger partial charge in [-0.1, -0.05) is 30.4 Å². The number of amides is 1. The number of aromatic amines is 1. The summed E-state index contributed by atoms with van der Waals surface area (Å²) in [6.45, 7) is 0. The van der Waals surface area contributed by atoms with E-state index in [-0.39, 0.29) is 0 Å². The number of para-hydroxylation sites is 1. The van der Waals surface area contributed by atoms with Crippen LogP contribution in [0.15, 0.2) is 42.5 Å². The van der Waals surface area contributed by atoms with Gasteiger partial charge in [-0.3, -0.25) is 4.79 Å². The average Bonchev–Trinajstić information content (AvgIpc) is 2.30. The molecule has 86 valence electrons. The zero-order chi connectivity index (χ0) is 12.3.